The van der Waals surface area contributed by atoms with Gasteiger partial charge < -0.3 is 4.74 Å². The van der Waals surface area contributed by atoms with Gasteiger partial charge in [-0.25, -0.2) is 9.37 Å². The van der Waals surface area contributed by atoms with Crippen molar-refractivity contribution in [3.8, 4) is 11.8 Å². The molecule has 0 saturated carbocycles. The molecule has 0 N–H and O–H groups in total. The molecule has 1 heterocycles. The van der Waals surface area contributed by atoms with Crippen LogP contribution in [0.25, 0.3) is 0 Å². The molecule has 0 aliphatic carbocycles. The Bertz CT molecular complexity index is 610. The summed E-state index contributed by atoms with van der Waals surface area (Å²) in [5.41, 5.74) is 0.919. The van der Waals surface area contributed by atoms with Gasteiger partial charge in [-0.1, -0.05) is 17.7 Å². The lowest BCUT2D eigenvalue weighted by Crippen LogP contribution is -1.99. The first-order valence-electron chi connectivity index (χ1n) is 5.12. The molecular weight excluding hydrogens is 255 g/mol. The zero-order chi connectivity index (χ0) is 13.0. The van der Waals surface area contributed by atoms with E-state index in [9.17, 15) is 4.39 Å². The highest BCUT2D eigenvalue weighted by atomic mass is 35.5. The summed E-state index contributed by atoms with van der Waals surface area (Å²) >= 11 is 5.85. The number of hydrogen-bond donors (Lipinski definition) is 0. The third-order valence-corrected chi connectivity index (χ3v) is 2.62. The number of halogens is 2. The summed E-state index contributed by atoms with van der Waals surface area (Å²) in [6, 6.07) is 9.35. The van der Waals surface area contributed by atoms with Gasteiger partial charge in [0.2, 0.25) is 0 Å². The van der Waals surface area contributed by atoms with Gasteiger partial charge in [0.15, 0.2) is 11.6 Å². The molecule has 0 saturated heterocycles. The molecule has 0 bridgehead atoms. The summed E-state index contributed by atoms with van der Waals surface area (Å²) in [4.78, 5) is 3.89. The Labute approximate surface area is 108 Å². The molecule has 3 nitrogen and oxygen atoms in total. The van der Waals surface area contributed by atoms with Gasteiger partial charge in [0.25, 0.3) is 0 Å². The average molecular weight is 263 g/mol. The van der Waals surface area contributed by atoms with Crippen molar-refractivity contribution in [1.29, 1.82) is 5.26 Å². The van der Waals surface area contributed by atoms with Gasteiger partial charge in [-0.15, -0.1) is 0 Å². The molecule has 0 radical (unpaired) electrons. The van der Waals surface area contributed by atoms with Crippen molar-refractivity contribution >= 4 is 11.6 Å². The van der Waals surface area contributed by atoms with E-state index >= 15 is 0 Å². The maximum absolute atomic E-state index is 13.5. The molecular formula is C13H8ClFN2O. The van der Waals surface area contributed by atoms with Crippen LogP contribution in [0, 0.1) is 17.1 Å². The Kier molecular flexibility index (Phi) is 3.75. The number of hydrogen-bond acceptors (Lipinski definition) is 3. The second-order valence-electron chi connectivity index (χ2n) is 3.50. The first kappa shape index (κ1) is 12.3. The fraction of sp³-hybridized carbons (Fsp3) is 0.0769. The van der Waals surface area contributed by atoms with Crippen LogP contribution in [0.1, 0.15) is 11.1 Å². The van der Waals surface area contributed by atoms with E-state index in [0.717, 1.165) is 6.07 Å². The molecule has 0 atom stereocenters. The highest BCUT2D eigenvalue weighted by Gasteiger charge is 2.06. The summed E-state index contributed by atoms with van der Waals surface area (Å²) in [5.74, 6) is -0.497. The zero-order valence-electron chi connectivity index (χ0n) is 9.23. The summed E-state index contributed by atoms with van der Waals surface area (Å²) in [6.07, 6.45) is 1.56. The van der Waals surface area contributed by atoms with Gasteiger partial charge >= 0.3 is 0 Å². The largest absolute Gasteiger partial charge is 0.486 e. The van der Waals surface area contributed by atoms with Crippen LogP contribution in [-0.2, 0) is 6.61 Å². The molecule has 90 valence electrons. The summed E-state index contributed by atoms with van der Waals surface area (Å²) in [7, 11) is 0. The lowest BCUT2D eigenvalue weighted by Gasteiger charge is -2.08. The normalized spacial score (nSPS) is 9.83. The van der Waals surface area contributed by atoms with E-state index in [2.05, 4.69) is 4.98 Å². The fourth-order valence-electron chi connectivity index (χ4n) is 1.37. The molecule has 5 heteroatoms. The van der Waals surface area contributed by atoms with Gasteiger partial charge in [-0.05, 0) is 24.3 Å². The van der Waals surface area contributed by atoms with E-state index in [1.165, 1.54) is 12.1 Å². The smallest absolute Gasteiger partial charge is 0.166 e. The first-order chi connectivity index (χ1) is 8.70. The van der Waals surface area contributed by atoms with Crippen molar-refractivity contribution in [3.63, 3.8) is 0 Å². The fourth-order valence-corrected chi connectivity index (χ4v) is 1.54. The number of ether oxygens (including phenoxy) is 1. The minimum atomic E-state index is -0.575. The standard InChI is InChI=1S/C13H8ClFN2O/c14-13-10(2-1-5-17-13)8-18-12-4-3-9(7-16)6-11(12)15/h1-6H,8H2. The second-order valence-corrected chi connectivity index (χ2v) is 3.86. The molecule has 0 amide bonds. The van der Waals surface area contributed by atoms with Crippen molar-refractivity contribution in [2.45, 2.75) is 6.61 Å². The van der Waals surface area contributed by atoms with Crippen LogP contribution in [-0.4, -0.2) is 4.98 Å². The predicted molar refractivity (Wildman–Crippen MR) is 64.7 cm³/mol. The van der Waals surface area contributed by atoms with E-state index in [0.29, 0.717) is 10.7 Å². The molecule has 0 unspecified atom stereocenters. The van der Waals surface area contributed by atoms with Crippen LogP contribution < -0.4 is 4.74 Å². The molecule has 18 heavy (non-hydrogen) atoms. The molecule has 2 aromatic rings. The van der Waals surface area contributed by atoms with Crippen LogP contribution in [0.4, 0.5) is 4.39 Å². The topological polar surface area (TPSA) is 45.9 Å². The molecule has 1 aromatic carbocycles. The number of pyridine rings is 1. The quantitative estimate of drug-likeness (QED) is 0.797. The van der Waals surface area contributed by atoms with Crippen molar-refractivity contribution in [2.75, 3.05) is 0 Å². The van der Waals surface area contributed by atoms with E-state index < -0.39 is 5.82 Å². The van der Waals surface area contributed by atoms with Crippen molar-refractivity contribution in [3.05, 3.63) is 58.6 Å². The molecule has 1 aromatic heterocycles. The highest BCUT2D eigenvalue weighted by molar-refractivity contribution is 6.30. The van der Waals surface area contributed by atoms with E-state index in [-0.39, 0.29) is 17.9 Å². The molecule has 0 aliphatic rings. The average Bonchev–Trinajstić information content (AvgIpc) is 2.39. The summed E-state index contributed by atoms with van der Waals surface area (Å²) in [5, 5.41) is 8.94. The monoisotopic (exact) mass is 262 g/mol. The van der Waals surface area contributed by atoms with Crippen LogP contribution >= 0.6 is 11.6 Å². The summed E-state index contributed by atoms with van der Waals surface area (Å²) in [6.45, 7) is 0.121. The van der Waals surface area contributed by atoms with Crippen molar-refractivity contribution in [1.82, 2.24) is 4.98 Å². The number of nitrogens with zero attached hydrogens (tertiary/aromatic N) is 2. The third kappa shape index (κ3) is 2.76. The van der Waals surface area contributed by atoms with Crippen molar-refractivity contribution < 1.29 is 9.13 Å². The SMILES string of the molecule is N#Cc1ccc(OCc2cccnc2Cl)c(F)c1. The summed E-state index contributed by atoms with van der Waals surface area (Å²) < 4.78 is 18.8. The molecule has 0 spiro atoms. The van der Waals surface area contributed by atoms with Gasteiger partial charge in [0.05, 0.1) is 11.6 Å². The van der Waals surface area contributed by atoms with E-state index in [4.69, 9.17) is 21.6 Å². The molecule has 0 aliphatic heterocycles. The highest BCUT2D eigenvalue weighted by Crippen LogP contribution is 2.20. The zero-order valence-corrected chi connectivity index (χ0v) is 9.99. The lowest BCUT2D eigenvalue weighted by atomic mass is 10.2. The van der Waals surface area contributed by atoms with Gasteiger partial charge in [0, 0.05) is 11.8 Å². The maximum Gasteiger partial charge on any atom is 0.166 e. The van der Waals surface area contributed by atoms with Crippen LogP contribution in [0.5, 0.6) is 5.75 Å². The lowest BCUT2D eigenvalue weighted by molar-refractivity contribution is 0.290. The Balaban J connectivity index is 2.12. The number of aromatic nitrogens is 1. The van der Waals surface area contributed by atoms with Crippen LogP contribution in [0.15, 0.2) is 36.5 Å². The van der Waals surface area contributed by atoms with Crippen LogP contribution in [0.2, 0.25) is 5.15 Å². The molecule has 2 rings (SSSR count). The Hall–Kier alpha value is -2.12. The number of rotatable bonds is 3. The van der Waals surface area contributed by atoms with Crippen molar-refractivity contribution in [2.24, 2.45) is 0 Å². The Morgan fingerprint density at radius 1 is 1.39 bits per heavy atom. The van der Waals surface area contributed by atoms with Crippen LogP contribution in [0.3, 0.4) is 0 Å². The maximum atomic E-state index is 13.5. The minimum Gasteiger partial charge on any atom is -0.486 e. The molecule has 0 fully saturated rings. The van der Waals surface area contributed by atoms with E-state index in [1.807, 2.05) is 6.07 Å². The minimum absolute atomic E-state index is 0.0777. The predicted octanol–water partition coefficient (Wildman–Crippen LogP) is 3.32. The van der Waals surface area contributed by atoms with E-state index in [1.54, 1.807) is 18.3 Å². The number of benzene rings is 1. The first-order valence-corrected chi connectivity index (χ1v) is 5.50. The van der Waals surface area contributed by atoms with Gasteiger partial charge in [-0.2, -0.15) is 5.26 Å². The Morgan fingerprint density at radius 3 is 2.89 bits per heavy atom. The second kappa shape index (κ2) is 5.48. The third-order valence-electron chi connectivity index (χ3n) is 2.28. The Morgan fingerprint density at radius 2 is 2.22 bits per heavy atom. The van der Waals surface area contributed by atoms with Gasteiger partial charge in [0.1, 0.15) is 11.8 Å². The van der Waals surface area contributed by atoms with Gasteiger partial charge in [-0.3, -0.25) is 0 Å². The number of nitriles is 1.